The van der Waals surface area contributed by atoms with Crippen LogP contribution in [0.5, 0.6) is 0 Å². The van der Waals surface area contributed by atoms with Crippen molar-refractivity contribution in [2.45, 2.75) is 64.5 Å². The summed E-state index contributed by atoms with van der Waals surface area (Å²) in [5, 5.41) is 0. The predicted octanol–water partition coefficient (Wildman–Crippen LogP) is 3.61. The third-order valence-electron chi connectivity index (χ3n) is 4.07. The van der Waals surface area contributed by atoms with Crippen LogP contribution in [0.25, 0.3) is 0 Å². The summed E-state index contributed by atoms with van der Waals surface area (Å²) in [7, 11) is -0.731. The largest absolute Gasteiger partial charge is 1.00 e. The molecular formula is C19H34BrP. The molecule has 0 aliphatic rings. The summed E-state index contributed by atoms with van der Waals surface area (Å²) in [6.07, 6.45) is 14.3. The van der Waals surface area contributed by atoms with Crippen LogP contribution in [0, 0.1) is 0 Å². The van der Waals surface area contributed by atoms with E-state index in [2.05, 4.69) is 50.6 Å². The Labute approximate surface area is 144 Å². The van der Waals surface area contributed by atoms with Gasteiger partial charge in [0.25, 0.3) is 0 Å². The zero-order valence-electron chi connectivity index (χ0n) is 14.3. The van der Waals surface area contributed by atoms with E-state index in [-0.39, 0.29) is 17.0 Å². The number of halogens is 1. The molecule has 0 heterocycles. The van der Waals surface area contributed by atoms with Gasteiger partial charge in [0, 0.05) is 20.6 Å². The highest BCUT2D eigenvalue weighted by Crippen LogP contribution is 2.54. The highest BCUT2D eigenvalue weighted by Gasteiger charge is 2.24. The van der Waals surface area contributed by atoms with E-state index in [9.17, 15) is 0 Å². The van der Waals surface area contributed by atoms with Crippen molar-refractivity contribution in [1.82, 2.24) is 0 Å². The minimum Gasteiger partial charge on any atom is -1.00 e. The van der Waals surface area contributed by atoms with Gasteiger partial charge in [0.15, 0.2) is 0 Å². The topological polar surface area (TPSA) is 0 Å². The van der Waals surface area contributed by atoms with E-state index in [1.807, 2.05) is 0 Å². The summed E-state index contributed by atoms with van der Waals surface area (Å²) in [4.78, 5) is 0. The lowest BCUT2D eigenvalue weighted by Gasteiger charge is -2.18. The molecule has 0 atom stereocenters. The molecule has 0 unspecified atom stereocenters. The third-order valence-corrected chi connectivity index (χ3v) is 6.82. The summed E-state index contributed by atoms with van der Waals surface area (Å²) >= 11 is 0. The summed E-state index contributed by atoms with van der Waals surface area (Å²) < 4.78 is 0. The zero-order chi connectivity index (χ0) is 14.7. The molecule has 21 heavy (non-hydrogen) atoms. The van der Waals surface area contributed by atoms with Crippen LogP contribution in [0.3, 0.4) is 0 Å². The molecule has 0 radical (unpaired) electrons. The lowest BCUT2D eigenvalue weighted by molar-refractivity contribution is -0.00000458. The molecule has 0 aliphatic carbocycles. The number of unbranched alkanes of at least 4 members (excludes halogenated alkanes) is 7. The first-order valence-corrected chi connectivity index (χ1v) is 11.6. The molecule has 1 aromatic carbocycles. The maximum Gasteiger partial charge on any atom is 0.0837 e. The molecule has 2 heteroatoms. The second kappa shape index (κ2) is 12.7. The highest BCUT2D eigenvalue weighted by atomic mass is 79.9. The second-order valence-electron chi connectivity index (χ2n) is 6.78. The van der Waals surface area contributed by atoms with Crippen molar-refractivity contribution in [1.29, 1.82) is 0 Å². The van der Waals surface area contributed by atoms with Crippen molar-refractivity contribution in [3.8, 4) is 0 Å². The van der Waals surface area contributed by atoms with E-state index < -0.39 is 7.26 Å². The molecule has 0 saturated heterocycles. The predicted molar refractivity (Wildman–Crippen MR) is 96.4 cm³/mol. The normalized spacial score (nSPS) is 11.2. The van der Waals surface area contributed by atoms with Gasteiger partial charge in [0.2, 0.25) is 0 Å². The van der Waals surface area contributed by atoms with Gasteiger partial charge in [-0.2, -0.15) is 0 Å². The molecule has 0 N–H and O–H groups in total. The average Bonchev–Trinajstić information content (AvgIpc) is 2.42. The Morgan fingerprint density at radius 2 is 1.29 bits per heavy atom. The lowest BCUT2D eigenvalue weighted by atomic mass is 10.1. The number of rotatable bonds is 11. The summed E-state index contributed by atoms with van der Waals surface area (Å²) in [6, 6.07) is 11.0. The molecule has 1 rings (SSSR count). The van der Waals surface area contributed by atoms with Crippen LogP contribution in [-0.2, 0) is 6.16 Å². The fraction of sp³-hybridized carbons (Fsp3) is 0.684. The van der Waals surface area contributed by atoms with Gasteiger partial charge in [-0.1, -0.05) is 75.8 Å². The van der Waals surface area contributed by atoms with Gasteiger partial charge in [-0.05, 0) is 18.4 Å². The van der Waals surface area contributed by atoms with E-state index in [1.165, 1.54) is 69.3 Å². The molecule has 0 nitrogen and oxygen atoms in total. The first-order chi connectivity index (χ1) is 9.64. The van der Waals surface area contributed by atoms with Gasteiger partial charge in [0.05, 0.1) is 12.3 Å². The van der Waals surface area contributed by atoms with Gasteiger partial charge in [0.1, 0.15) is 0 Å². The standard InChI is InChI=1S/C19H34P.BrH/c1-4-5-6-7-8-9-10-14-17-20(2,3)18-19-15-12-11-13-16-19;/h11-13,15-16H,4-10,14,17-18H2,1-3H3;1H/q+1;/p-1. The van der Waals surface area contributed by atoms with Gasteiger partial charge >= 0.3 is 0 Å². The third kappa shape index (κ3) is 11.4. The Morgan fingerprint density at radius 1 is 0.762 bits per heavy atom. The van der Waals surface area contributed by atoms with Gasteiger partial charge in [-0.3, -0.25) is 0 Å². The van der Waals surface area contributed by atoms with Crippen molar-refractivity contribution in [3.05, 3.63) is 35.9 Å². The Balaban J connectivity index is 0.00000400. The number of hydrogen-bond donors (Lipinski definition) is 0. The maximum atomic E-state index is 2.53. The molecule has 0 spiro atoms. The molecule has 0 saturated carbocycles. The minimum absolute atomic E-state index is 0. The maximum absolute atomic E-state index is 2.53. The molecule has 0 aliphatic heterocycles. The van der Waals surface area contributed by atoms with Crippen molar-refractivity contribution in [2.75, 3.05) is 19.5 Å². The smallest absolute Gasteiger partial charge is 0.0837 e. The van der Waals surface area contributed by atoms with E-state index >= 15 is 0 Å². The van der Waals surface area contributed by atoms with Crippen LogP contribution in [0.1, 0.15) is 63.9 Å². The van der Waals surface area contributed by atoms with E-state index in [0.717, 1.165) is 0 Å². The lowest BCUT2D eigenvalue weighted by Crippen LogP contribution is -3.00. The van der Waals surface area contributed by atoms with E-state index in [0.29, 0.717) is 0 Å². The monoisotopic (exact) mass is 372 g/mol. The van der Waals surface area contributed by atoms with Crippen LogP contribution < -0.4 is 17.0 Å². The quantitative estimate of drug-likeness (QED) is 0.411. The van der Waals surface area contributed by atoms with Crippen molar-refractivity contribution < 1.29 is 17.0 Å². The molecule has 1 aromatic rings. The molecule has 0 aromatic heterocycles. The van der Waals surface area contributed by atoms with Crippen molar-refractivity contribution in [3.63, 3.8) is 0 Å². The Kier molecular flexibility index (Phi) is 12.7. The first-order valence-electron chi connectivity index (χ1n) is 8.50. The summed E-state index contributed by atoms with van der Waals surface area (Å²) in [6.45, 7) is 7.35. The molecule has 122 valence electrons. The molecule has 0 amide bonds. The van der Waals surface area contributed by atoms with Crippen molar-refractivity contribution >= 4 is 7.26 Å². The Bertz CT molecular complexity index is 335. The van der Waals surface area contributed by atoms with Crippen LogP contribution >= 0.6 is 7.26 Å². The Morgan fingerprint density at radius 3 is 1.86 bits per heavy atom. The van der Waals surface area contributed by atoms with Gasteiger partial charge in [-0.15, -0.1) is 0 Å². The molecule has 0 fully saturated rings. The van der Waals surface area contributed by atoms with Gasteiger partial charge in [-0.25, -0.2) is 0 Å². The number of hydrogen-bond acceptors (Lipinski definition) is 0. The second-order valence-corrected chi connectivity index (χ2v) is 11.4. The molecule has 0 bridgehead atoms. The van der Waals surface area contributed by atoms with Gasteiger partial charge < -0.3 is 17.0 Å². The zero-order valence-corrected chi connectivity index (χ0v) is 16.8. The van der Waals surface area contributed by atoms with Crippen LogP contribution in [0.2, 0.25) is 0 Å². The van der Waals surface area contributed by atoms with Crippen LogP contribution in [0.4, 0.5) is 0 Å². The SMILES string of the molecule is CCCCCCCCCC[P+](C)(C)Cc1ccccc1.[Br-]. The highest BCUT2D eigenvalue weighted by molar-refractivity contribution is 7.73. The first kappa shape index (κ1) is 21.1. The van der Waals surface area contributed by atoms with Crippen molar-refractivity contribution in [2.24, 2.45) is 0 Å². The van der Waals surface area contributed by atoms with Crippen LogP contribution in [-0.4, -0.2) is 19.5 Å². The molecular weight excluding hydrogens is 339 g/mol. The fourth-order valence-corrected chi connectivity index (χ4v) is 5.27. The average molecular weight is 373 g/mol. The van der Waals surface area contributed by atoms with E-state index in [4.69, 9.17) is 0 Å². The fourth-order valence-electron chi connectivity index (χ4n) is 2.83. The minimum atomic E-state index is -0.731. The Hall–Kier alpha value is 0.130. The van der Waals surface area contributed by atoms with Crippen LogP contribution in [0.15, 0.2) is 30.3 Å². The summed E-state index contributed by atoms with van der Waals surface area (Å²) in [5.74, 6) is 0. The number of benzene rings is 1. The van der Waals surface area contributed by atoms with E-state index in [1.54, 1.807) is 0 Å². The summed E-state index contributed by atoms with van der Waals surface area (Å²) in [5.41, 5.74) is 1.53.